The van der Waals surface area contributed by atoms with Crippen molar-refractivity contribution in [2.45, 2.75) is 39.4 Å². The average molecular weight is 427 g/mol. The van der Waals surface area contributed by atoms with Crippen molar-refractivity contribution in [1.29, 1.82) is 0 Å². The van der Waals surface area contributed by atoms with E-state index >= 15 is 0 Å². The van der Waals surface area contributed by atoms with Crippen molar-refractivity contribution in [3.8, 4) is 0 Å². The van der Waals surface area contributed by atoms with Gasteiger partial charge in [-0.15, -0.1) is 0 Å². The highest BCUT2D eigenvalue weighted by Crippen LogP contribution is 2.28. The van der Waals surface area contributed by atoms with E-state index in [1.54, 1.807) is 16.9 Å². The molecule has 1 fully saturated rings. The van der Waals surface area contributed by atoms with Crippen LogP contribution >= 0.6 is 0 Å². The molecule has 0 spiro atoms. The monoisotopic (exact) mass is 426 g/mol. The van der Waals surface area contributed by atoms with Crippen LogP contribution in [0.5, 0.6) is 0 Å². The molecule has 4 rings (SSSR count). The lowest BCUT2D eigenvalue weighted by molar-refractivity contribution is 0.271. The third kappa shape index (κ3) is 5.06. The van der Waals surface area contributed by atoms with Gasteiger partial charge >= 0.3 is 0 Å². The first-order chi connectivity index (χ1) is 14.9. The Hall–Kier alpha value is -2.89. The molecule has 0 saturated carbocycles. The summed E-state index contributed by atoms with van der Waals surface area (Å²) in [5, 5.41) is 24.5. The molecule has 0 bridgehead atoms. The maximum absolute atomic E-state index is 9.61. The first-order valence-corrected chi connectivity index (χ1v) is 10.6. The Balaban J connectivity index is 1.83. The number of hydrogen-bond acceptors (Lipinski definition) is 10. The van der Waals surface area contributed by atoms with Crippen molar-refractivity contribution < 1.29 is 5.11 Å². The summed E-state index contributed by atoms with van der Waals surface area (Å²) in [5.41, 5.74) is 2.27. The molecule has 3 aromatic rings. The predicted molar refractivity (Wildman–Crippen MR) is 119 cm³/mol. The fourth-order valence-electron chi connectivity index (χ4n) is 3.44. The van der Waals surface area contributed by atoms with Gasteiger partial charge in [-0.1, -0.05) is 0 Å². The Kier molecular flexibility index (Phi) is 6.25. The number of piperazine rings is 1. The molecule has 0 aromatic carbocycles. The second-order valence-electron chi connectivity index (χ2n) is 8.52. The summed E-state index contributed by atoms with van der Waals surface area (Å²) < 4.78 is 1.76. The zero-order chi connectivity index (χ0) is 21.8. The van der Waals surface area contributed by atoms with Gasteiger partial charge < -0.3 is 26.0 Å². The molecule has 0 radical (unpaired) electrons. The molecule has 1 aliphatic heterocycles. The molecule has 4 heterocycles. The number of nitrogens with zero attached hydrogens (tertiary/aromatic N) is 7. The van der Waals surface area contributed by atoms with E-state index in [0.29, 0.717) is 30.7 Å². The number of anilines is 3. The van der Waals surface area contributed by atoms with E-state index in [9.17, 15) is 5.11 Å². The highest BCUT2D eigenvalue weighted by Gasteiger charge is 2.23. The second kappa shape index (κ2) is 9.08. The first kappa shape index (κ1) is 21.3. The minimum atomic E-state index is -0.0660. The molecule has 0 amide bonds. The van der Waals surface area contributed by atoms with Crippen molar-refractivity contribution in [3.05, 3.63) is 24.3 Å². The van der Waals surface area contributed by atoms with E-state index < -0.39 is 0 Å². The van der Waals surface area contributed by atoms with Gasteiger partial charge in [0.2, 0.25) is 5.95 Å². The first-order valence-electron chi connectivity index (χ1n) is 10.6. The molecule has 1 aliphatic rings. The maximum atomic E-state index is 9.61. The smallest absolute Gasteiger partial charge is 0.228 e. The molecular weight excluding hydrogens is 396 g/mol. The fraction of sp³-hybridized carbons (Fsp3) is 0.550. The Morgan fingerprint density at radius 3 is 2.68 bits per heavy atom. The van der Waals surface area contributed by atoms with E-state index in [4.69, 9.17) is 15.1 Å². The normalized spacial score (nSPS) is 14.9. The molecule has 31 heavy (non-hydrogen) atoms. The molecule has 11 heteroatoms. The number of aliphatic hydroxyl groups is 1. The lowest BCUT2D eigenvalue weighted by atomic mass is 10.1. The van der Waals surface area contributed by atoms with Crippen LogP contribution in [0.4, 0.5) is 17.6 Å². The van der Waals surface area contributed by atoms with Gasteiger partial charge in [0.1, 0.15) is 28.9 Å². The highest BCUT2D eigenvalue weighted by molar-refractivity contribution is 5.90. The molecule has 0 aliphatic carbocycles. The Bertz CT molecular complexity index is 1010. The maximum Gasteiger partial charge on any atom is 0.228 e. The van der Waals surface area contributed by atoms with Gasteiger partial charge in [-0.05, 0) is 26.8 Å². The number of rotatable bonds is 7. The summed E-state index contributed by atoms with van der Waals surface area (Å²) in [5.74, 6) is 1.90. The Labute approximate surface area is 181 Å². The molecule has 11 nitrogen and oxygen atoms in total. The third-order valence-electron chi connectivity index (χ3n) is 4.97. The summed E-state index contributed by atoms with van der Waals surface area (Å²) in [6.45, 7) is 10.7. The lowest BCUT2D eigenvalue weighted by Crippen LogP contribution is -2.44. The minimum absolute atomic E-state index is 0.0323. The van der Waals surface area contributed by atoms with Gasteiger partial charge in [-0.3, -0.25) is 4.68 Å². The SMILES string of the molecule is CC(C)(C)NCc1nn(CCO)c2c(Nc3ccncn3)nc(N3CCNCC3)nc12. The predicted octanol–water partition coefficient (Wildman–Crippen LogP) is 0.650. The van der Waals surface area contributed by atoms with E-state index in [2.05, 4.69) is 51.6 Å². The minimum Gasteiger partial charge on any atom is -0.394 e. The number of fused-ring (bicyclic) bond motifs is 1. The Morgan fingerprint density at radius 1 is 1.19 bits per heavy atom. The molecular formula is C20H30N10O. The summed E-state index contributed by atoms with van der Waals surface area (Å²) >= 11 is 0. The van der Waals surface area contributed by atoms with Crippen LogP contribution in [0, 0.1) is 0 Å². The van der Waals surface area contributed by atoms with Gasteiger partial charge in [-0.25, -0.2) is 15.0 Å². The lowest BCUT2D eigenvalue weighted by Gasteiger charge is -2.27. The number of hydrogen-bond donors (Lipinski definition) is 4. The van der Waals surface area contributed by atoms with E-state index in [1.165, 1.54) is 6.33 Å². The van der Waals surface area contributed by atoms with Crippen molar-refractivity contribution in [2.75, 3.05) is 43.0 Å². The molecule has 1 saturated heterocycles. The van der Waals surface area contributed by atoms with E-state index in [1.807, 2.05) is 0 Å². The zero-order valence-corrected chi connectivity index (χ0v) is 18.3. The standard InChI is InChI=1S/C20H30N10O/c1-20(2,3)24-12-14-16-17(30(28-14)10-11-31)18(25-15-4-5-22-13-23-15)27-19(26-16)29-8-6-21-7-9-29/h4-5,13,21,24,31H,6-12H2,1-3H3,(H,22,23,25,26,27). The zero-order valence-electron chi connectivity index (χ0n) is 18.3. The van der Waals surface area contributed by atoms with Crippen LogP contribution in [0.15, 0.2) is 18.6 Å². The quantitative estimate of drug-likeness (QED) is 0.427. The second-order valence-corrected chi connectivity index (χ2v) is 8.52. The largest absolute Gasteiger partial charge is 0.394 e. The van der Waals surface area contributed by atoms with Crippen LogP contribution in [0.1, 0.15) is 26.5 Å². The van der Waals surface area contributed by atoms with Gasteiger partial charge in [0.15, 0.2) is 5.82 Å². The van der Waals surface area contributed by atoms with Crippen LogP contribution in [-0.4, -0.2) is 73.1 Å². The van der Waals surface area contributed by atoms with Crippen LogP contribution < -0.4 is 20.9 Å². The third-order valence-corrected chi connectivity index (χ3v) is 4.97. The topological polar surface area (TPSA) is 129 Å². The average Bonchev–Trinajstić information content (AvgIpc) is 3.11. The van der Waals surface area contributed by atoms with Gasteiger partial charge in [-0.2, -0.15) is 10.1 Å². The number of nitrogens with one attached hydrogen (secondary N) is 3. The van der Waals surface area contributed by atoms with Gasteiger partial charge in [0, 0.05) is 44.5 Å². The summed E-state index contributed by atoms with van der Waals surface area (Å²) in [6, 6.07) is 1.78. The number of aromatic nitrogens is 6. The van der Waals surface area contributed by atoms with Gasteiger partial charge in [0.05, 0.1) is 13.2 Å². The summed E-state index contributed by atoms with van der Waals surface area (Å²) in [6.07, 6.45) is 3.16. The van der Waals surface area contributed by atoms with Crippen molar-refractivity contribution in [3.63, 3.8) is 0 Å². The highest BCUT2D eigenvalue weighted by atomic mass is 16.3. The van der Waals surface area contributed by atoms with Crippen molar-refractivity contribution in [1.82, 2.24) is 40.3 Å². The van der Waals surface area contributed by atoms with Gasteiger partial charge in [0.25, 0.3) is 0 Å². The molecule has 4 N–H and O–H groups in total. The summed E-state index contributed by atoms with van der Waals surface area (Å²) in [7, 11) is 0. The number of aliphatic hydroxyl groups excluding tert-OH is 1. The van der Waals surface area contributed by atoms with Crippen LogP contribution in [0.25, 0.3) is 11.0 Å². The summed E-state index contributed by atoms with van der Waals surface area (Å²) in [4.78, 5) is 20.2. The Morgan fingerprint density at radius 2 is 2.00 bits per heavy atom. The molecule has 166 valence electrons. The van der Waals surface area contributed by atoms with Crippen LogP contribution in [0.3, 0.4) is 0 Å². The van der Waals surface area contributed by atoms with Crippen molar-refractivity contribution >= 4 is 28.6 Å². The van der Waals surface area contributed by atoms with E-state index in [-0.39, 0.29) is 12.1 Å². The van der Waals surface area contributed by atoms with E-state index in [0.717, 1.165) is 42.9 Å². The molecule has 0 atom stereocenters. The van der Waals surface area contributed by atoms with Crippen LogP contribution in [-0.2, 0) is 13.1 Å². The van der Waals surface area contributed by atoms with Crippen LogP contribution in [0.2, 0.25) is 0 Å². The molecule has 0 unspecified atom stereocenters. The fourth-order valence-corrected chi connectivity index (χ4v) is 3.44. The molecule has 3 aromatic heterocycles. The van der Waals surface area contributed by atoms with Crippen molar-refractivity contribution in [2.24, 2.45) is 0 Å².